The van der Waals surface area contributed by atoms with Gasteiger partial charge in [-0.05, 0) is 19.1 Å². The first-order valence-electron chi connectivity index (χ1n) is 10.9. The molecule has 0 saturated heterocycles. The fraction of sp³-hybridized carbons (Fsp3) is 0.318. The Morgan fingerprint density at radius 1 is 1.11 bits per heavy atom. The molecule has 0 aromatic carbocycles. The maximum atomic E-state index is 13.5. The van der Waals surface area contributed by atoms with Gasteiger partial charge in [-0.1, -0.05) is 6.07 Å². The van der Waals surface area contributed by atoms with Crippen molar-refractivity contribution in [2.45, 2.75) is 37.3 Å². The highest BCUT2D eigenvalue weighted by Gasteiger charge is 2.56. The molecule has 5 heterocycles. The summed E-state index contributed by atoms with van der Waals surface area (Å²) in [6.45, 7) is 1.62. The minimum absolute atomic E-state index is 0.0126. The lowest BCUT2D eigenvalue weighted by molar-refractivity contribution is -0.284. The standard InChI is InChI=1S/C22H18F5N9O/c1-20(11-5-3-4-8-29-11)13-15(28)33-17(34-16(13)35-19(20)37)14-10-9-30-36(2)18(10)32-12(31-14)6-7-21(23,24)22(25,26)27/h3-5,8-9H,6-7H2,1-2H3,(H3,28,33,34,35,37). The molecule has 0 bridgehead atoms. The molecule has 192 valence electrons. The summed E-state index contributed by atoms with van der Waals surface area (Å²) in [6, 6.07) is 5.07. The van der Waals surface area contributed by atoms with Gasteiger partial charge in [0, 0.05) is 26.1 Å². The third-order valence-electron chi connectivity index (χ3n) is 6.23. The Morgan fingerprint density at radius 2 is 1.86 bits per heavy atom. The van der Waals surface area contributed by atoms with E-state index in [9.17, 15) is 26.7 Å². The van der Waals surface area contributed by atoms with E-state index in [1.807, 2.05) is 0 Å². The molecule has 0 radical (unpaired) electrons. The number of pyridine rings is 1. The Balaban J connectivity index is 1.61. The van der Waals surface area contributed by atoms with E-state index in [1.165, 1.54) is 24.1 Å². The van der Waals surface area contributed by atoms with Crippen LogP contribution in [0.2, 0.25) is 0 Å². The molecule has 1 aliphatic heterocycles. The molecule has 0 spiro atoms. The smallest absolute Gasteiger partial charge is 0.383 e. The highest BCUT2D eigenvalue weighted by Crippen LogP contribution is 2.44. The number of rotatable bonds is 5. The number of alkyl halides is 5. The molecule has 0 saturated carbocycles. The summed E-state index contributed by atoms with van der Waals surface area (Å²) in [5, 5.41) is 7.04. The van der Waals surface area contributed by atoms with Gasteiger partial charge in [0.2, 0.25) is 5.91 Å². The molecule has 4 aromatic rings. The largest absolute Gasteiger partial charge is 0.453 e. The molecule has 5 rings (SSSR count). The molecular formula is C22H18F5N9O. The molecule has 1 atom stereocenters. The number of nitrogen functional groups attached to an aromatic ring is 1. The van der Waals surface area contributed by atoms with Crippen molar-refractivity contribution in [3.05, 3.63) is 47.7 Å². The first-order valence-corrected chi connectivity index (χ1v) is 10.9. The van der Waals surface area contributed by atoms with E-state index < -0.39 is 36.3 Å². The van der Waals surface area contributed by atoms with Gasteiger partial charge in [0.1, 0.15) is 28.6 Å². The second-order valence-corrected chi connectivity index (χ2v) is 8.65. The van der Waals surface area contributed by atoms with Crippen molar-refractivity contribution in [1.82, 2.24) is 34.7 Å². The monoisotopic (exact) mass is 519 g/mol. The summed E-state index contributed by atoms with van der Waals surface area (Å²) in [6.07, 6.45) is -5.13. The third-order valence-corrected chi connectivity index (χ3v) is 6.23. The lowest BCUT2D eigenvalue weighted by atomic mass is 9.81. The van der Waals surface area contributed by atoms with Crippen LogP contribution in [0.4, 0.5) is 33.6 Å². The van der Waals surface area contributed by atoms with Gasteiger partial charge in [0.25, 0.3) is 0 Å². The van der Waals surface area contributed by atoms with Gasteiger partial charge in [0.05, 0.1) is 22.8 Å². The molecule has 1 amide bonds. The normalized spacial score (nSPS) is 17.8. The first kappa shape index (κ1) is 24.4. The number of nitrogens with zero attached hydrogens (tertiary/aromatic N) is 7. The van der Waals surface area contributed by atoms with E-state index >= 15 is 0 Å². The maximum absolute atomic E-state index is 13.5. The van der Waals surface area contributed by atoms with Crippen molar-refractivity contribution in [3.63, 3.8) is 0 Å². The fourth-order valence-corrected chi connectivity index (χ4v) is 4.18. The number of aryl methyl sites for hydroxylation is 2. The number of hydrogen-bond acceptors (Lipinski definition) is 8. The van der Waals surface area contributed by atoms with E-state index in [2.05, 4.69) is 35.3 Å². The number of amides is 1. The van der Waals surface area contributed by atoms with Gasteiger partial charge in [0.15, 0.2) is 11.5 Å². The molecule has 4 aromatic heterocycles. The van der Waals surface area contributed by atoms with Crippen molar-refractivity contribution in [2.75, 3.05) is 11.1 Å². The third kappa shape index (κ3) is 3.81. The lowest BCUT2D eigenvalue weighted by Gasteiger charge is -2.22. The van der Waals surface area contributed by atoms with Crippen LogP contribution in [0.25, 0.3) is 22.6 Å². The van der Waals surface area contributed by atoms with Crippen molar-refractivity contribution in [2.24, 2.45) is 7.05 Å². The topological polar surface area (TPSA) is 137 Å². The summed E-state index contributed by atoms with van der Waals surface area (Å²) in [7, 11) is 1.52. The van der Waals surface area contributed by atoms with Crippen LogP contribution in [0, 0.1) is 0 Å². The van der Waals surface area contributed by atoms with Crippen LogP contribution in [0.1, 0.15) is 30.4 Å². The van der Waals surface area contributed by atoms with Crippen molar-refractivity contribution >= 4 is 28.6 Å². The number of carbonyl (C=O) groups excluding carboxylic acids is 1. The van der Waals surface area contributed by atoms with Crippen LogP contribution in [0.5, 0.6) is 0 Å². The molecule has 3 N–H and O–H groups in total. The summed E-state index contributed by atoms with van der Waals surface area (Å²) >= 11 is 0. The van der Waals surface area contributed by atoms with Crippen molar-refractivity contribution in [1.29, 1.82) is 0 Å². The highest BCUT2D eigenvalue weighted by atomic mass is 19.4. The molecule has 10 nitrogen and oxygen atoms in total. The van der Waals surface area contributed by atoms with Crippen LogP contribution in [0.3, 0.4) is 0 Å². The van der Waals surface area contributed by atoms with Gasteiger partial charge >= 0.3 is 12.1 Å². The average Bonchev–Trinajstić information content (AvgIpc) is 3.34. The maximum Gasteiger partial charge on any atom is 0.453 e. The number of nitrogens with two attached hydrogens (primary N) is 1. The first-order chi connectivity index (χ1) is 17.3. The van der Waals surface area contributed by atoms with Crippen LogP contribution < -0.4 is 11.1 Å². The van der Waals surface area contributed by atoms with Gasteiger partial charge in [-0.3, -0.25) is 14.5 Å². The lowest BCUT2D eigenvalue weighted by Crippen LogP contribution is -2.36. The van der Waals surface area contributed by atoms with Crippen molar-refractivity contribution in [3.8, 4) is 11.5 Å². The molecular weight excluding hydrogens is 501 g/mol. The van der Waals surface area contributed by atoms with Crippen LogP contribution in [0.15, 0.2) is 30.6 Å². The zero-order chi connectivity index (χ0) is 26.8. The summed E-state index contributed by atoms with van der Waals surface area (Å²) < 4.78 is 66.4. The van der Waals surface area contributed by atoms with Crippen molar-refractivity contribution < 1.29 is 26.7 Å². The van der Waals surface area contributed by atoms with Gasteiger partial charge < -0.3 is 11.1 Å². The summed E-state index contributed by atoms with van der Waals surface area (Å²) in [5.74, 6) is -5.71. The Kier molecular flexibility index (Phi) is 5.35. The van der Waals surface area contributed by atoms with Gasteiger partial charge in [-0.25, -0.2) is 19.9 Å². The number of anilines is 2. The molecule has 0 fully saturated rings. The van der Waals surface area contributed by atoms with Crippen LogP contribution in [-0.4, -0.2) is 52.7 Å². The Hall–Kier alpha value is -4.30. The zero-order valence-electron chi connectivity index (χ0n) is 19.3. The predicted octanol–water partition coefficient (Wildman–Crippen LogP) is 3.19. The van der Waals surface area contributed by atoms with Crippen LogP contribution in [-0.2, 0) is 23.7 Å². The number of halogens is 5. The molecule has 1 aliphatic rings. The zero-order valence-corrected chi connectivity index (χ0v) is 19.3. The average molecular weight is 519 g/mol. The number of aromatic nitrogens is 7. The van der Waals surface area contributed by atoms with Gasteiger partial charge in [-0.2, -0.15) is 27.1 Å². The molecule has 37 heavy (non-hydrogen) atoms. The predicted molar refractivity (Wildman–Crippen MR) is 120 cm³/mol. The number of fused-ring (bicyclic) bond motifs is 2. The minimum Gasteiger partial charge on any atom is -0.383 e. The Bertz CT molecular complexity index is 1540. The number of nitrogens with one attached hydrogen (secondary N) is 1. The number of hydrogen-bond donors (Lipinski definition) is 2. The van der Waals surface area contributed by atoms with E-state index in [-0.39, 0.29) is 34.6 Å². The second kappa shape index (κ2) is 8.11. The summed E-state index contributed by atoms with van der Waals surface area (Å²) in [4.78, 5) is 34.3. The molecule has 15 heteroatoms. The molecule has 0 aliphatic carbocycles. The SMILES string of the molecule is Cn1ncc2c(-c3nc(N)c4c(n3)NC(=O)C4(C)c3ccccn3)nc(CCC(F)(F)C(F)(F)F)nc21. The van der Waals surface area contributed by atoms with E-state index in [4.69, 9.17) is 5.73 Å². The fourth-order valence-electron chi connectivity index (χ4n) is 4.18. The second-order valence-electron chi connectivity index (χ2n) is 8.65. The minimum atomic E-state index is -5.71. The Labute approximate surface area is 205 Å². The van der Waals surface area contributed by atoms with E-state index in [0.29, 0.717) is 16.6 Å². The van der Waals surface area contributed by atoms with Gasteiger partial charge in [-0.15, -0.1) is 0 Å². The Morgan fingerprint density at radius 3 is 2.54 bits per heavy atom. The van der Waals surface area contributed by atoms with E-state index in [1.54, 1.807) is 25.1 Å². The quantitative estimate of drug-likeness (QED) is 0.384. The number of carbonyl (C=O) groups is 1. The molecule has 1 unspecified atom stereocenters. The van der Waals surface area contributed by atoms with Crippen LogP contribution >= 0.6 is 0 Å². The summed E-state index contributed by atoms with van der Waals surface area (Å²) in [5.41, 5.74) is 5.88. The highest BCUT2D eigenvalue weighted by molar-refractivity contribution is 6.09. The van der Waals surface area contributed by atoms with E-state index in [0.717, 1.165) is 0 Å².